The van der Waals surface area contributed by atoms with Gasteiger partial charge in [-0.3, -0.25) is 0 Å². The zero-order valence-corrected chi connectivity index (χ0v) is 19.8. The van der Waals surface area contributed by atoms with Gasteiger partial charge in [0, 0.05) is 22.9 Å². The molecule has 0 amide bonds. The first kappa shape index (κ1) is 22.9. The van der Waals surface area contributed by atoms with Crippen LogP contribution < -0.4 is 19.1 Å². The van der Waals surface area contributed by atoms with E-state index in [4.69, 9.17) is 25.8 Å². The molecule has 1 heterocycles. The van der Waals surface area contributed by atoms with Crippen LogP contribution >= 0.6 is 24.2 Å². The van der Waals surface area contributed by atoms with Crippen LogP contribution in [0.5, 0.6) is 17.2 Å². The number of anilines is 2. The topological polar surface area (TPSA) is 56.7 Å². The molecule has 0 bridgehead atoms. The zero-order valence-electron chi connectivity index (χ0n) is 18.2. The molecule has 0 unspecified atom stereocenters. The molecule has 3 aromatic carbocycles. The molecule has 4 rings (SSSR count). The van der Waals surface area contributed by atoms with Crippen molar-refractivity contribution in [2.24, 2.45) is 0 Å². The van der Waals surface area contributed by atoms with Gasteiger partial charge in [-0.15, -0.1) is 12.6 Å². The van der Waals surface area contributed by atoms with Crippen LogP contribution in [0.15, 0.2) is 59.8 Å². The Morgan fingerprint density at radius 2 is 1.70 bits per heavy atom. The van der Waals surface area contributed by atoms with Crippen LogP contribution in [0.3, 0.4) is 0 Å². The van der Waals surface area contributed by atoms with Crippen LogP contribution in [0.1, 0.15) is 5.56 Å². The summed E-state index contributed by atoms with van der Waals surface area (Å²) >= 11 is 10.6. The Labute approximate surface area is 201 Å². The first-order valence-corrected chi connectivity index (χ1v) is 10.7. The first-order valence-electron chi connectivity index (χ1n) is 9.91. The second-order valence-corrected chi connectivity index (χ2v) is 7.98. The van der Waals surface area contributed by atoms with Crippen molar-refractivity contribution < 1.29 is 18.6 Å². The summed E-state index contributed by atoms with van der Waals surface area (Å²) in [6.07, 6.45) is 1.43. The normalized spacial score (nSPS) is 10.8. The number of nitrogens with zero attached hydrogens (tertiary/aromatic N) is 3. The summed E-state index contributed by atoms with van der Waals surface area (Å²) in [7, 11) is 4.70. The van der Waals surface area contributed by atoms with Crippen LogP contribution in [0.2, 0.25) is 5.02 Å². The average molecular weight is 486 g/mol. The van der Waals surface area contributed by atoms with Crippen molar-refractivity contribution in [3.63, 3.8) is 0 Å². The average Bonchev–Trinajstić information content (AvgIpc) is 2.83. The number of hydrogen-bond acceptors (Lipinski definition) is 7. The summed E-state index contributed by atoms with van der Waals surface area (Å²) in [5.74, 6) is 1.69. The Bertz CT molecular complexity index is 1320. The number of methoxy groups -OCH3 is 3. The quantitative estimate of drug-likeness (QED) is 0.320. The molecule has 0 fully saturated rings. The summed E-state index contributed by atoms with van der Waals surface area (Å²) in [4.78, 5) is 11.2. The van der Waals surface area contributed by atoms with Crippen molar-refractivity contribution in [1.82, 2.24) is 9.97 Å². The van der Waals surface area contributed by atoms with Crippen LogP contribution in [0.25, 0.3) is 10.9 Å². The van der Waals surface area contributed by atoms with E-state index in [-0.39, 0.29) is 17.3 Å². The van der Waals surface area contributed by atoms with Crippen molar-refractivity contribution in [2.45, 2.75) is 11.4 Å². The molecule has 0 atom stereocenters. The molecule has 6 nitrogen and oxygen atoms in total. The lowest BCUT2D eigenvalue weighted by molar-refractivity contribution is 0.354. The van der Waals surface area contributed by atoms with Crippen molar-refractivity contribution in [3.8, 4) is 17.2 Å². The van der Waals surface area contributed by atoms with Gasteiger partial charge in [-0.1, -0.05) is 23.7 Å². The minimum atomic E-state index is -0.550. The lowest BCUT2D eigenvalue weighted by Crippen LogP contribution is -2.20. The summed E-state index contributed by atoms with van der Waals surface area (Å²) in [5.41, 5.74) is 1.75. The lowest BCUT2D eigenvalue weighted by Gasteiger charge is -2.26. The summed E-state index contributed by atoms with van der Waals surface area (Å²) in [6, 6.07) is 13.9. The van der Waals surface area contributed by atoms with Gasteiger partial charge in [-0.25, -0.2) is 14.4 Å². The van der Waals surface area contributed by atoms with Gasteiger partial charge in [0.05, 0.1) is 37.6 Å². The van der Waals surface area contributed by atoms with Gasteiger partial charge in [0.2, 0.25) is 0 Å². The van der Waals surface area contributed by atoms with Gasteiger partial charge >= 0.3 is 0 Å². The lowest BCUT2D eigenvalue weighted by atomic mass is 10.1. The second-order valence-electron chi connectivity index (χ2n) is 7.09. The third-order valence-electron chi connectivity index (χ3n) is 5.18. The molecule has 0 radical (unpaired) electrons. The number of halogens is 2. The number of benzene rings is 3. The SMILES string of the molecule is COc1cc2ncnc(N(Cc3ccc(OC)c(OC)c3)c3cccc(Cl)c3F)c2cc1S. The third kappa shape index (κ3) is 4.49. The van der Waals surface area contributed by atoms with Gasteiger partial charge in [0.25, 0.3) is 0 Å². The van der Waals surface area contributed by atoms with E-state index in [2.05, 4.69) is 22.6 Å². The highest BCUT2D eigenvalue weighted by molar-refractivity contribution is 7.80. The van der Waals surface area contributed by atoms with Crippen LogP contribution in [-0.4, -0.2) is 31.3 Å². The number of hydrogen-bond donors (Lipinski definition) is 1. The predicted molar refractivity (Wildman–Crippen MR) is 130 cm³/mol. The van der Waals surface area contributed by atoms with E-state index in [1.807, 2.05) is 12.1 Å². The van der Waals surface area contributed by atoms with Gasteiger partial charge in [0.1, 0.15) is 17.9 Å². The van der Waals surface area contributed by atoms with E-state index >= 15 is 4.39 Å². The highest BCUT2D eigenvalue weighted by Gasteiger charge is 2.21. The van der Waals surface area contributed by atoms with Gasteiger partial charge < -0.3 is 19.1 Å². The third-order valence-corrected chi connectivity index (χ3v) is 5.82. The van der Waals surface area contributed by atoms with Gasteiger partial charge in [0.15, 0.2) is 17.3 Å². The molecule has 0 spiro atoms. The number of rotatable bonds is 7. The molecule has 0 aliphatic rings. The Kier molecular flexibility index (Phi) is 6.76. The molecule has 0 aliphatic carbocycles. The van der Waals surface area contributed by atoms with Crippen LogP contribution in [0.4, 0.5) is 15.9 Å². The number of thiol groups is 1. The second kappa shape index (κ2) is 9.72. The maximum atomic E-state index is 15.2. The summed E-state index contributed by atoms with van der Waals surface area (Å²) in [5, 5.41) is 0.697. The fourth-order valence-corrected chi connectivity index (χ4v) is 4.03. The van der Waals surface area contributed by atoms with E-state index in [1.54, 1.807) is 56.6 Å². The Balaban J connectivity index is 1.91. The van der Waals surface area contributed by atoms with Crippen LogP contribution in [0, 0.1) is 5.82 Å². The molecule has 0 aliphatic heterocycles. The van der Waals surface area contributed by atoms with Crippen molar-refractivity contribution in [3.05, 3.63) is 71.3 Å². The van der Waals surface area contributed by atoms with E-state index in [0.29, 0.717) is 38.9 Å². The Hall–Kier alpha value is -3.23. The smallest absolute Gasteiger partial charge is 0.165 e. The predicted octanol–water partition coefficient (Wildman–Crippen LogP) is 6.08. The van der Waals surface area contributed by atoms with Crippen molar-refractivity contribution in [1.29, 1.82) is 0 Å². The first-order chi connectivity index (χ1) is 16.0. The molecule has 1 aromatic heterocycles. The molecule has 4 aromatic rings. The minimum absolute atomic E-state index is 0.0136. The maximum Gasteiger partial charge on any atom is 0.165 e. The maximum absolute atomic E-state index is 15.2. The number of aromatic nitrogens is 2. The summed E-state index contributed by atoms with van der Waals surface area (Å²) < 4.78 is 31.3. The standard InChI is InChI=1S/C24H21ClFN3O3S/c1-30-19-8-7-14(9-20(19)31-2)12-29(18-6-4-5-16(25)23(18)26)24-15-10-22(33)21(32-3)11-17(15)27-13-28-24/h4-11,13,33H,12H2,1-3H3. The molecular formula is C24H21ClFN3O3S. The fourth-order valence-electron chi connectivity index (χ4n) is 3.57. The number of fused-ring (bicyclic) bond motifs is 1. The number of ether oxygens (including phenoxy) is 3. The largest absolute Gasteiger partial charge is 0.496 e. The molecular weight excluding hydrogens is 465 g/mol. The van der Waals surface area contributed by atoms with Gasteiger partial charge in [-0.05, 0) is 35.9 Å². The molecule has 170 valence electrons. The van der Waals surface area contributed by atoms with Crippen molar-refractivity contribution in [2.75, 3.05) is 26.2 Å². The monoisotopic (exact) mass is 485 g/mol. The van der Waals surface area contributed by atoms with E-state index in [0.717, 1.165) is 5.56 Å². The Morgan fingerprint density at radius 1 is 0.939 bits per heavy atom. The zero-order chi connectivity index (χ0) is 23.5. The molecule has 0 saturated carbocycles. The Morgan fingerprint density at radius 3 is 2.42 bits per heavy atom. The molecule has 33 heavy (non-hydrogen) atoms. The minimum Gasteiger partial charge on any atom is -0.496 e. The molecule has 9 heteroatoms. The molecule has 0 N–H and O–H groups in total. The van der Waals surface area contributed by atoms with E-state index < -0.39 is 5.82 Å². The fraction of sp³-hybridized carbons (Fsp3) is 0.167. The molecule has 0 saturated heterocycles. The van der Waals surface area contributed by atoms with Gasteiger partial charge in [-0.2, -0.15) is 0 Å². The highest BCUT2D eigenvalue weighted by atomic mass is 35.5. The van der Waals surface area contributed by atoms with E-state index in [1.165, 1.54) is 12.4 Å². The van der Waals surface area contributed by atoms with E-state index in [9.17, 15) is 0 Å². The summed E-state index contributed by atoms with van der Waals surface area (Å²) in [6.45, 7) is 0.275. The van der Waals surface area contributed by atoms with Crippen LogP contribution in [-0.2, 0) is 6.54 Å². The van der Waals surface area contributed by atoms with Crippen molar-refractivity contribution >= 4 is 46.6 Å². The highest BCUT2D eigenvalue weighted by Crippen LogP contribution is 2.38.